The fraction of sp³-hybridized carbons (Fsp3) is 0.208. The van der Waals surface area contributed by atoms with Crippen molar-refractivity contribution in [3.8, 4) is 11.3 Å². The van der Waals surface area contributed by atoms with E-state index in [1.165, 1.54) is 12.1 Å². The number of pyridine rings is 1. The van der Waals surface area contributed by atoms with Crippen molar-refractivity contribution >= 4 is 23.5 Å². The topological polar surface area (TPSA) is 123 Å². The number of rotatable bonds is 6. The van der Waals surface area contributed by atoms with E-state index in [1.54, 1.807) is 45.0 Å². The van der Waals surface area contributed by atoms with E-state index in [2.05, 4.69) is 15.6 Å². The molecule has 33 heavy (non-hydrogen) atoms. The molecule has 2 aromatic carbocycles. The summed E-state index contributed by atoms with van der Waals surface area (Å²) in [6.45, 7) is 5.54. The van der Waals surface area contributed by atoms with Crippen molar-refractivity contribution in [3.05, 3.63) is 88.0 Å². The molecule has 1 aromatic heterocycles. The number of carbonyl (C=O) groups is 2. The maximum absolute atomic E-state index is 12.7. The minimum Gasteiger partial charge on any atom is -0.444 e. The van der Waals surface area contributed by atoms with Gasteiger partial charge in [0.05, 0.1) is 10.6 Å². The van der Waals surface area contributed by atoms with Crippen LogP contribution in [0.15, 0.2) is 66.7 Å². The van der Waals surface area contributed by atoms with Crippen LogP contribution in [0.4, 0.5) is 16.3 Å². The molecule has 3 aromatic rings. The summed E-state index contributed by atoms with van der Waals surface area (Å²) < 4.78 is 5.18. The summed E-state index contributed by atoms with van der Waals surface area (Å²) in [6, 6.07) is 18.5. The third-order valence-corrected chi connectivity index (χ3v) is 4.42. The van der Waals surface area contributed by atoms with Gasteiger partial charge in [-0.2, -0.15) is 0 Å². The van der Waals surface area contributed by atoms with Crippen molar-refractivity contribution in [1.29, 1.82) is 0 Å². The second-order valence-corrected chi connectivity index (χ2v) is 8.19. The molecule has 9 heteroatoms. The van der Waals surface area contributed by atoms with Gasteiger partial charge in [-0.05, 0) is 44.5 Å². The molecule has 2 amide bonds. The summed E-state index contributed by atoms with van der Waals surface area (Å²) in [5.41, 5.74) is 1.41. The second kappa shape index (κ2) is 9.90. The van der Waals surface area contributed by atoms with Gasteiger partial charge in [-0.15, -0.1) is 0 Å². The van der Waals surface area contributed by atoms with E-state index in [9.17, 15) is 19.7 Å². The van der Waals surface area contributed by atoms with Crippen LogP contribution in [0.5, 0.6) is 0 Å². The van der Waals surface area contributed by atoms with Crippen molar-refractivity contribution < 1.29 is 19.2 Å². The summed E-state index contributed by atoms with van der Waals surface area (Å²) in [6.07, 6.45) is -0.541. The third-order valence-electron chi connectivity index (χ3n) is 4.42. The number of ether oxygens (including phenoxy) is 1. The molecule has 0 aliphatic heterocycles. The Bertz CT molecular complexity index is 1160. The van der Waals surface area contributed by atoms with Gasteiger partial charge < -0.3 is 15.4 Å². The molecule has 0 saturated heterocycles. The van der Waals surface area contributed by atoms with Gasteiger partial charge in [0.2, 0.25) is 5.82 Å². The molecule has 3 rings (SSSR count). The van der Waals surface area contributed by atoms with Crippen LogP contribution in [-0.2, 0) is 11.3 Å². The van der Waals surface area contributed by atoms with E-state index in [4.69, 9.17) is 4.74 Å². The van der Waals surface area contributed by atoms with Gasteiger partial charge in [-0.25, -0.2) is 9.78 Å². The Balaban J connectivity index is 1.72. The molecule has 0 aliphatic rings. The monoisotopic (exact) mass is 448 g/mol. The number of nitro groups is 1. The van der Waals surface area contributed by atoms with Gasteiger partial charge in [-0.1, -0.05) is 42.5 Å². The smallest absolute Gasteiger partial charge is 0.407 e. The van der Waals surface area contributed by atoms with E-state index in [1.807, 2.05) is 30.3 Å². The Morgan fingerprint density at radius 1 is 1.00 bits per heavy atom. The van der Waals surface area contributed by atoms with Crippen LogP contribution < -0.4 is 10.6 Å². The maximum Gasteiger partial charge on any atom is 0.407 e. The molecule has 0 aliphatic carbocycles. The molecule has 0 fully saturated rings. The van der Waals surface area contributed by atoms with Gasteiger partial charge >= 0.3 is 11.8 Å². The van der Waals surface area contributed by atoms with E-state index in [0.717, 1.165) is 11.1 Å². The van der Waals surface area contributed by atoms with Gasteiger partial charge in [0, 0.05) is 23.7 Å². The largest absolute Gasteiger partial charge is 0.444 e. The molecule has 170 valence electrons. The highest BCUT2D eigenvalue weighted by molar-refractivity contribution is 6.04. The van der Waals surface area contributed by atoms with Gasteiger partial charge in [-0.3, -0.25) is 14.9 Å². The molecule has 9 nitrogen and oxygen atoms in total. The lowest BCUT2D eigenvalue weighted by molar-refractivity contribution is -0.384. The lowest BCUT2D eigenvalue weighted by Crippen LogP contribution is -2.32. The van der Waals surface area contributed by atoms with E-state index < -0.39 is 22.5 Å². The summed E-state index contributed by atoms with van der Waals surface area (Å²) >= 11 is 0. The van der Waals surface area contributed by atoms with E-state index in [-0.39, 0.29) is 23.6 Å². The second-order valence-electron chi connectivity index (χ2n) is 8.19. The summed E-state index contributed by atoms with van der Waals surface area (Å²) in [5, 5.41) is 16.6. The van der Waals surface area contributed by atoms with Crippen LogP contribution >= 0.6 is 0 Å². The molecule has 2 N–H and O–H groups in total. The molecule has 1 heterocycles. The number of amides is 2. The van der Waals surface area contributed by atoms with Crippen molar-refractivity contribution in [1.82, 2.24) is 10.3 Å². The molecular formula is C24H24N4O5. The number of nitrogens with zero attached hydrogens (tertiary/aromatic N) is 2. The average molecular weight is 448 g/mol. The van der Waals surface area contributed by atoms with Crippen molar-refractivity contribution in [2.45, 2.75) is 32.9 Å². The zero-order chi connectivity index (χ0) is 24.0. The van der Waals surface area contributed by atoms with Gasteiger partial charge in [0.25, 0.3) is 5.91 Å². The number of alkyl carbamates (subject to hydrolysis) is 1. The third kappa shape index (κ3) is 6.60. The number of anilines is 1. The van der Waals surface area contributed by atoms with Gasteiger partial charge in [0.15, 0.2) is 0 Å². The molecule has 0 bridgehead atoms. The molecule has 0 unspecified atom stereocenters. The molecule has 0 radical (unpaired) electrons. The number of benzene rings is 2. The first-order valence-electron chi connectivity index (χ1n) is 10.2. The Morgan fingerprint density at radius 3 is 2.27 bits per heavy atom. The lowest BCUT2D eigenvalue weighted by Gasteiger charge is -2.19. The van der Waals surface area contributed by atoms with Crippen LogP contribution in [0, 0.1) is 10.1 Å². The van der Waals surface area contributed by atoms with E-state index in [0.29, 0.717) is 5.69 Å². The molecule has 0 saturated carbocycles. The quantitative estimate of drug-likeness (QED) is 0.407. The van der Waals surface area contributed by atoms with Crippen molar-refractivity contribution in [2.75, 3.05) is 5.32 Å². The molecule has 0 spiro atoms. The highest BCUT2D eigenvalue weighted by Gasteiger charge is 2.20. The normalized spacial score (nSPS) is 10.9. The first kappa shape index (κ1) is 23.4. The predicted molar refractivity (Wildman–Crippen MR) is 124 cm³/mol. The van der Waals surface area contributed by atoms with Crippen molar-refractivity contribution in [3.63, 3.8) is 0 Å². The lowest BCUT2D eigenvalue weighted by atomic mass is 10.1. The predicted octanol–water partition coefficient (Wildman–Crippen LogP) is 4.93. The van der Waals surface area contributed by atoms with Crippen LogP contribution in [-0.4, -0.2) is 27.5 Å². The molecular weight excluding hydrogens is 424 g/mol. The molecule has 0 atom stereocenters. The highest BCUT2D eigenvalue weighted by atomic mass is 16.6. The SMILES string of the molecule is CC(C)(C)OC(=O)NCc1ccc(C(=O)Nc2nc(-c3ccccc3)ccc2[N+](=O)[O-])cc1. The summed E-state index contributed by atoms with van der Waals surface area (Å²) in [4.78, 5) is 39.6. The number of aromatic nitrogens is 1. The highest BCUT2D eigenvalue weighted by Crippen LogP contribution is 2.27. The number of hydrogen-bond donors (Lipinski definition) is 2. The standard InChI is InChI=1S/C24H24N4O5/c1-24(2,3)33-23(30)25-15-16-9-11-18(12-10-16)22(29)27-21-20(28(31)32)14-13-19(26-21)17-7-5-4-6-8-17/h4-14H,15H2,1-3H3,(H,25,30)(H,26,27,29). The Hall–Kier alpha value is -4.27. The fourth-order valence-electron chi connectivity index (χ4n) is 2.90. The number of carbonyl (C=O) groups excluding carboxylic acids is 2. The first-order chi connectivity index (χ1) is 15.6. The maximum atomic E-state index is 12.7. The zero-order valence-electron chi connectivity index (χ0n) is 18.5. The summed E-state index contributed by atoms with van der Waals surface area (Å²) in [7, 11) is 0. The average Bonchev–Trinajstić information content (AvgIpc) is 2.77. The first-order valence-corrected chi connectivity index (χ1v) is 10.2. The van der Waals surface area contributed by atoms with Crippen LogP contribution in [0.1, 0.15) is 36.7 Å². The minimum absolute atomic E-state index is 0.137. The van der Waals surface area contributed by atoms with Crippen LogP contribution in [0.25, 0.3) is 11.3 Å². The van der Waals surface area contributed by atoms with Crippen LogP contribution in [0.3, 0.4) is 0 Å². The minimum atomic E-state index is -0.597. The Kier molecular flexibility index (Phi) is 7.02. The van der Waals surface area contributed by atoms with Crippen molar-refractivity contribution in [2.24, 2.45) is 0 Å². The Labute approximate surface area is 191 Å². The number of hydrogen-bond acceptors (Lipinski definition) is 6. The fourth-order valence-corrected chi connectivity index (χ4v) is 2.90. The zero-order valence-corrected chi connectivity index (χ0v) is 18.5. The van der Waals surface area contributed by atoms with Gasteiger partial charge in [0.1, 0.15) is 5.60 Å². The number of nitrogens with one attached hydrogen (secondary N) is 2. The Morgan fingerprint density at radius 2 is 1.67 bits per heavy atom. The van der Waals surface area contributed by atoms with E-state index >= 15 is 0 Å². The summed E-state index contributed by atoms with van der Waals surface area (Å²) in [5.74, 6) is -0.676. The van der Waals surface area contributed by atoms with Crippen LogP contribution in [0.2, 0.25) is 0 Å².